The molecule has 0 spiro atoms. The monoisotopic (exact) mass is 411 g/mol. The summed E-state index contributed by atoms with van der Waals surface area (Å²) in [6.45, 7) is 2.67. The first kappa shape index (κ1) is 20.3. The number of ether oxygens (including phenoxy) is 1. The molecule has 30 heavy (non-hydrogen) atoms. The second-order valence-electron chi connectivity index (χ2n) is 7.26. The SMILES string of the molecule is COCc1cccc(C)c1N=P(c1ccccc1)(c1ccccc1)c1ccccc1. The van der Waals surface area contributed by atoms with Crippen LogP contribution in [0.5, 0.6) is 0 Å². The third-order valence-electron chi connectivity index (χ3n) is 5.26. The highest BCUT2D eigenvalue weighted by atomic mass is 31.2. The Kier molecular flexibility index (Phi) is 6.28. The lowest BCUT2D eigenvalue weighted by Crippen LogP contribution is -2.25. The molecule has 0 saturated heterocycles. The molecule has 2 nitrogen and oxygen atoms in total. The minimum absolute atomic E-state index is 0.541. The molecule has 4 aromatic carbocycles. The Morgan fingerprint density at radius 1 is 0.633 bits per heavy atom. The summed E-state index contributed by atoms with van der Waals surface area (Å²) < 4.78 is 11.2. The number of benzene rings is 4. The van der Waals surface area contributed by atoms with Crippen LogP contribution < -0.4 is 15.9 Å². The van der Waals surface area contributed by atoms with E-state index in [1.807, 2.05) is 0 Å². The molecule has 3 heteroatoms. The summed E-state index contributed by atoms with van der Waals surface area (Å²) in [6, 6.07) is 38.5. The van der Waals surface area contributed by atoms with Crippen molar-refractivity contribution in [3.63, 3.8) is 0 Å². The fourth-order valence-electron chi connectivity index (χ4n) is 3.84. The summed E-state index contributed by atoms with van der Waals surface area (Å²) in [7, 11) is -0.547. The van der Waals surface area contributed by atoms with E-state index in [2.05, 4.69) is 116 Å². The molecule has 0 aromatic heterocycles. The molecule has 0 aliphatic rings. The van der Waals surface area contributed by atoms with Gasteiger partial charge in [-0.3, -0.25) is 4.74 Å². The van der Waals surface area contributed by atoms with E-state index >= 15 is 0 Å². The van der Waals surface area contributed by atoms with Gasteiger partial charge in [-0.25, -0.2) is 0 Å². The first-order valence-electron chi connectivity index (χ1n) is 10.1. The van der Waals surface area contributed by atoms with Crippen molar-refractivity contribution in [2.24, 2.45) is 4.74 Å². The van der Waals surface area contributed by atoms with Gasteiger partial charge in [-0.2, -0.15) is 0 Å². The number of hydrogen-bond donors (Lipinski definition) is 0. The van der Waals surface area contributed by atoms with Gasteiger partial charge in [0.15, 0.2) is 0 Å². The van der Waals surface area contributed by atoms with Crippen molar-refractivity contribution in [1.29, 1.82) is 0 Å². The number of nitrogens with zero attached hydrogens (tertiary/aromatic N) is 1. The van der Waals surface area contributed by atoms with Gasteiger partial charge >= 0.3 is 0 Å². The maximum atomic E-state index is 5.65. The summed E-state index contributed by atoms with van der Waals surface area (Å²) in [5.41, 5.74) is 3.31. The maximum absolute atomic E-state index is 5.65. The van der Waals surface area contributed by atoms with Crippen LogP contribution in [0.1, 0.15) is 11.1 Å². The van der Waals surface area contributed by atoms with E-state index in [1.54, 1.807) is 7.11 Å². The van der Waals surface area contributed by atoms with Crippen LogP contribution >= 0.6 is 7.05 Å². The zero-order valence-corrected chi connectivity index (χ0v) is 18.3. The predicted molar refractivity (Wildman–Crippen MR) is 129 cm³/mol. The molecule has 150 valence electrons. The first-order valence-corrected chi connectivity index (χ1v) is 11.9. The molecule has 0 amide bonds. The van der Waals surface area contributed by atoms with Crippen LogP contribution in [0, 0.1) is 6.92 Å². The molecule has 0 fully saturated rings. The van der Waals surface area contributed by atoms with Gasteiger partial charge in [0.2, 0.25) is 0 Å². The standard InChI is InChI=1S/C27H26NOP/c1-22-13-12-14-23(21-29-2)27(22)28-30(24-15-6-3-7-16-24,25-17-8-4-9-18-25)26-19-10-5-11-20-26/h3-20H,21H2,1-2H3. The van der Waals surface area contributed by atoms with Crippen LogP contribution in [0.2, 0.25) is 0 Å². The Hall–Kier alpha value is -2.93. The highest BCUT2D eigenvalue weighted by Crippen LogP contribution is 2.50. The zero-order chi connectivity index (χ0) is 20.8. The van der Waals surface area contributed by atoms with Gasteiger partial charge in [-0.05, 0) is 12.5 Å². The van der Waals surface area contributed by atoms with E-state index in [0.29, 0.717) is 6.61 Å². The van der Waals surface area contributed by atoms with Crippen LogP contribution in [0.4, 0.5) is 5.69 Å². The molecular weight excluding hydrogens is 385 g/mol. The van der Waals surface area contributed by atoms with Gasteiger partial charge in [-0.15, -0.1) is 0 Å². The Bertz CT molecular complexity index is 1050. The Morgan fingerprint density at radius 2 is 1.10 bits per heavy atom. The van der Waals surface area contributed by atoms with E-state index in [0.717, 1.165) is 16.8 Å². The minimum atomic E-state index is -2.28. The summed E-state index contributed by atoms with van der Waals surface area (Å²) in [4.78, 5) is 0. The van der Waals surface area contributed by atoms with Gasteiger partial charge in [0.1, 0.15) is 0 Å². The number of hydrogen-bond acceptors (Lipinski definition) is 2. The summed E-state index contributed by atoms with van der Waals surface area (Å²) >= 11 is 0. The topological polar surface area (TPSA) is 21.6 Å². The smallest absolute Gasteiger partial charge is 0.0734 e. The van der Waals surface area contributed by atoms with Crippen molar-refractivity contribution in [3.8, 4) is 0 Å². The normalized spacial score (nSPS) is 11.3. The zero-order valence-electron chi connectivity index (χ0n) is 17.4. The van der Waals surface area contributed by atoms with E-state index < -0.39 is 7.05 Å². The van der Waals surface area contributed by atoms with Crippen LogP contribution in [0.25, 0.3) is 0 Å². The molecule has 4 rings (SSSR count). The van der Waals surface area contributed by atoms with Gasteiger partial charge in [0.25, 0.3) is 0 Å². The van der Waals surface area contributed by atoms with Crippen molar-refractivity contribution < 1.29 is 4.74 Å². The van der Waals surface area contributed by atoms with Crippen LogP contribution in [0.15, 0.2) is 114 Å². The quantitative estimate of drug-likeness (QED) is 0.359. The third-order valence-corrected chi connectivity index (χ3v) is 8.90. The largest absolute Gasteiger partial charge is 0.380 e. The van der Waals surface area contributed by atoms with Gasteiger partial charge in [0, 0.05) is 28.6 Å². The van der Waals surface area contributed by atoms with Gasteiger partial charge < -0.3 is 4.74 Å². The molecule has 0 saturated carbocycles. The second kappa shape index (κ2) is 9.26. The molecule has 4 aromatic rings. The molecule has 0 heterocycles. The molecule has 0 radical (unpaired) electrons. The molecule has 0 aliphatic heterocycles. The molecule has 0 unspecified atom stereocenters. The lowest BCUT2D eigenvalue weighted by atomic mass is 10.1. The highest BCUT2D eigenvalue weighted by molar-refractivity contribution is 7.87. The predicted octanol–water partition coefficient (Wildman–Crippen LogP) is 5.95. The van der Waals surface area contributed by atoms with Gasteiger partial charge in [0.05, 0.1) is 19.3 Å². The lowest BCUT2D eigenvalue weighted by Gasteiger charge is -2.28. The molecule has 0 aliphatic carbocycles. The average molecular weight is 411 g/mol. The Labute approximate surface area is 179 Å². The average Bonchev–Trinajstić information content (AvgIpc) is 2.81. The van der Waals surface area contributed by atoms with Gasteiger partial charge in [-0.1, -0.05) is 109 Å². The van der Waals surface area contributed by atoms with E-state index in [9.17, 15) is 0 Å². The van der Waals surface area contributed by atoms with E-state index in [-0.39, 0.29) is 0 Å². The minimum Gasteiger partial charge on any atom is -0.380 e. The van der Waals surface area contributed by atoms with Crippen molar-refractivity contribution >= 4 is 28.7 Å². The number of methoxy groups -OCH3 is 1. The lowest BCUT2D eigenvalue weighted by molar-refractivity contribution is 0.185. The fourth-order valence-corrected chi connectivity index (χ4v) is 7.47. The van der Waals surface area contributed by atoms with Crippen LogP contribution in [-0.2, 0) is 11.3 Å². The fraction of sp³-hybridized carbons (Fsp3) is 0.111. The summed E-state index contributed by atoms with van der Waals surface area (Å²) in [6.07, 6.45) is 0. The second-order valence-corrected chi connectivity index (χ2v) is 10.3. The Balaban J connectivity index is 2.16. The first-order chi connectivity index (χ1) is 14.8. The summed E-state index contributed by atoms with van der Waals surface area (Å²) in [5, 5.41) is 3.73. The van der Waals surface area contributed by atoms with Crippen molar-refractivity contribution in [2.75, 3.05) is 7.11 Å². The molecule has 0 N–H and O–H groups in total. The molecule has 0 bridgehead atoms. The van der Waals surface area contributed by atoms with E-state index in [4.69, 9.17) is 9.48 Å². The molecular formula is C27H26NOP. The number of rotatable bonds is 6. The van der Waals surface area contributed by atoms with Crippen molar-refractivity contribution in [3.05, 3.63) is 120 Å². The van der Waals surface area contributed by atoms with Crippen LogP contribution in [-0.4, -0.2) is 7.11 Å². The third kappa shape index (κ3) is 3.89. The summed E-state index contributed by atoms with van der Waals surface area (Å²) in [5.74, 6) is 0. The maximum Gasteiger partial charge on any atom is 0.0734 e. The number of aryl methyl sites for hydroxylation is 1. The molecule has 0 atom stereocenters. The van der Waals surface area contributed by atoms with Crippen molar-refractivity contribution in [2.45, 2.75) is 13.5 Å². The van der Waals surface area contributed by atoms with Crippen molar-refractivity contribution in [1.82, 2.24) is 0 Å². The Morgan fingerprint density at radius 3 is 1.53 bits per heavy atom. The highest BCUT2D eigenvalue weighted by Gasteiger charge is 2.28. The van der Waals surface area contributed by atoms with E-state index in [1.165, 1.54) is 15.9 Å². The van der Waals surface area contributed by atoms with Crippen LogP contribution in [0.3, 0.4) is 0 Å².